The largest absolute Gasteiger partial charge is 0.324 e. The molecule has 0 spiro atoms. The Morgan fingerprint density at radius 2 is 1.19 bits per heavy atom. The Bertz CT molecular complexity index is 661. The van der Waals surface area contributed by atoms with Crippen LogP contribution in [0.25, 0.3) is 22.5 Å². The van der Waals surface area contributed by atoms with Crippen molar-refractivity contribution in [2.75, 3.05) is 0 Å². The van der Waals surface area contributed by atoms with Crippen LogP contribution >= 0.6 is 0 Å². The van der Waals surface area contributed by atoms with Crippen molar-refractivity contribution in [1.29, 1.82) is 0 Å². The second kappa shape index (κ2) is 5.90. The van der Waals surface area contributed by atoms with Crippen molar-refractivity contribution >= 4 is 0 Å². The Morgan fingerprint density at radius 3 is 1.57 bits per heavy atom. The number of aromatic nitrogens is 1. The Balaban J connectivity index is 2.16. The van der Waals surface area contributed by atoms with Crippen molar-refractivity contribution in [3.8, 4) is 22.5 Å². The topological polar surface area (TPSA) is 38.9 Å². The zero-order chi connectivity index (χ0) is 14.7. The van der Waals surface area contributed by atoms with Crippen LogP contribution in [0.1, 0.15) is 18.5 Å². The number of hydrogen-bond donors (Lipinski definition) is 1. The average molecular weight is 274 g/mol. The van der Waals surface area contributed by atoms with Crippen LogP contribution in [0.4, 0.5) is 0 Å². The van der Waals surface area contributed by atoms with Crippen LogP contribution in [0.3, 0.4) is 0 Å². The molecular weight excluding hydrogens is 256 g/mol. The fourth-order valence-corrected chi connectivity index (χ4v) is 2.33. The van der Waals surface area contributed by atoms with Crippen LogP contribution in [0.5, 0.6) is 0 Å². The van der Waals surface area contributed by atoms with Crippen LogP contribution in [0.15, 0.2) is 72.8 Å². The Kier molecular flexibility index (Phi) is 3.80. The van der Waals surface area contributed by atoms with E-state index >= 15 is 0 Å². The van der Waals surface area contributed by atoms with Gasteiger partial charge in [0.15, 0.2) is 0 Å². The van der Waals surface area contributed by atoms with Crippen LogP contribution in [-0.2, 0) is 0 Å². The van der Waals surface area contributed by atoms with Gasteiger partial charge in [-0.1, -0.05) is 60.7 Å². The van der Waals surface area contributed by atoms with E-state index in [1.807, 2.05) is 43.3 Å². The van der Waals surface area contributed by atoms with E-state index in [4.69, 9.17) is 10.7 Å². The molecule has 1 atom stereocenters. The highest BCUT2D eigenvalue weighted by Crippen LogP contribution is 2.26. The van der Waals surface area contributed by atoms with Crippen LogP contribution in [0, 0.1) is 0 Å². The van der Waals surface area contributed by atoms with Gasteiger partial charge in [-0.2, -0.15) is 0 Å². The summed E-state index contributed by atoms with van der Waals surface area (Å²) in [5.74, 6) is 0. The number of nitrogens with two attached hydrogens (primary N) is 1. The summed E-state index contributed by atoms with van der Waals surface area (Å²) in [5, 5.41) is 0. The first-order valence-electron chi connectivity index (χ1n) is 7.12. The minimum absolute atomic E-state index is 0.0158. The fraction of sp³-hybridized carbons (Fsp3) is 0.105. The van der Waals surface area contributed by atoms with Crippen molar-refractivity contribution in [2.24, 2.45) is 5.73 Å². The summed E-state index contributed by atoms with van der Waals surface area (Å²) in [7, 11) is 0. The molecule has 0 aliphatic carbocycles. The highest BCUT2D eigenvalue weighted by atomic mass is 14.7. The van der Waals surface area contributed by atoms with E-state index in [0.29, 0.717) is 0 Å². The first kappa shape index (κ1) is 13.5. The molecule has 0 aliphatic rings. The first-order chi connectivity index (χ1) is 10.2. The molecule has 2 N–H and O–H groups in total. The zero-order valence-corrected chi connectivity index (χ0v) is 12.0. The third-order valence-electron chi connectivity index (χ3n) is 3.51. The number of hydrogen-bond acceptors (Lipinski definition) is 2. The predicted octanol–water partition coefficient (Wildman–Crippen LogP) is 4.44. The summed E-state index contributed by atoms with van der Waals surface area (Å²) < 4.78 is 0. The third-order valence-corrected chi connectivity index (χ3v) is 3.51. The van der Waals surface area contributed by atoms with Gasteiger partial charge in [0.2, 0.25) is 0 Å². The predicted molar refractivity (Wildman–Crippen MR) is 87.7 cm³/mol. The van der Waals surface area contributed by atoms with Crippen LogP contribution in [0.2, 0.25) is 0 Å². The number of benzene rings is 2. The Labute approximate surface area is 125 Å². The molecule has 3 rings (SSSR count). The normalized spacial score (nSPS) is 12.1. The molecule has 21 heavy (non-hydrogen) atoms. The van der Waals surface area contributed by atoms with Crippen LogP contribution in [-0.4, -0.2) is 4.98 Å². The van der Waals surface area contributed by atoms with Crippen molar-refractivity contribution in [2.45, 2.75) is 13.0 Å². The van der Waals surface area contributed by atoms with Crippen LogP contribution < -0.4 is 5.73 Å². The fourth-order valence-electron chi connectivity index (χ4n) is 2.33. The molecule has 0 saturated heterocycles. The van der Waals surface area contributed by atoms with E-state index in [2.05, 4.69) is 36.4 Å². The van der Waals surface area contributed by atoms with Crippen molar-refractivity contribution in [3.05, 3.63) is 78.4 Å². The molecule has 3 aromatic rings. The molecule has 0 saturated carbocycles. The van der Waals surface area contributed by atoms with Gasteiger partial charge in [0, 0.05) is 17.2 Å². The van der Waals surface area contributed by atoms with E-state index in [0.717, 1.165) is 28.1 Å². The van der Waals surface area contributed by atoms with Gasteiger partial charge in [0.1, 0.15) is 0 Å². The van der Waals surface area contributed by atoms with Crippen molar-refractivity contribution in [3.63, 3.8) is 0 Å². The quantitative estimate of drug-likeness (QED) is 0.767. The van der Waals surface area contributed by atoms with Crippen molar-refractivity contribution in [1.82, 2.24) is 4.98 Å². The molecule has 1 aromatic heterocycles. The summed E-state index contributed by atoms with van der Waals surface area (Å²) >= 11 is 0. The van der Waals surface area contributed by atoms with E-state index in [1.165, 1.54) is 0 Å². The van der Waals surface area contributed by atoms with E-state index in [9.17, 15) is 0 Å². The number of nitrogens with zero attached hydrogens (tertiary/aromatic N) is 1. The molecule has 0 bridgehead atoms. The van der Waals surface area contributed by atoms with Gasteiger partial charge in [-0.15, -0.1) is 0 Å². The molecule has 2 aromatic carbocycles. The van der Waals surface area contributed by atoms with Gasteiger partial charge in [-0.3, -0.25) is 0 Å². The number of pyridine rings is 1. The molecular formula is C19H18N2. The monoisotopic (exact) mass is 274 g/mol. The third kappa shape index (κ3) is 3.01. The van der Waals surface area contributed by atoms with E-state index in [1.54, 1.807) is 0 Å². The minimum Gasteiger partial charge on any atom is -0.324 e. The summed E-state index contributed by atoms with van der Waals surface area (Å²) in [5.41, 5.74) is 11.3. The SMILES string of the molecule is CC(N)c1cc(-c2ccccc2)nc(-c2ccccc2)c1. The molecule has 104 valence electrons. The molecule has 0 radical (unpaired) electrons. The van der Waals surface area contributed by atoms with Crippen molar-refractivity contribution < 1.29 is 0 Å². The smallest absolute Gasteiger partial charge is 0.0712 e. The molecule has 0 aliphatic heterocycles. The van der Waals surface area contributed by atoms with E-state index < -0.39 is 0 Å². The molecule has 2 nitrogen and oxygen atoms in total. The zero-order valence-electron chi connectivity index (χ0n) is 12.0. The second-order valence-electron chi connectivity index (χ2n) is 5.19. The molecule has 2 heteroatoms. The maximum atomic E-state index is 6.08. The van der Waals surface area contributed by atoms with Gasteiger partial charge < -0.3 is 5.73 Å². The molecule has 1 unspecified atom stereocenters. The lowest BCUT2D eigenvalue weighted by atomic mass is 10.0. The maximum Gasteiger partial charge on any atom is 0.0712 e. The van der Waals surface area contributed by atoms with Gasteiger partial charge >= 0.3 is 0 Å². The summed E-state index contributed by atoms with van der Waals surface area (Å²) in [6.45, 7) is 2.00. The van der Waals surface area contributed by atoms with Gasteiger partial charge in [0.05, 0.1) is 11.4 Å². The number of rotatable bonds is 3. The van der Waals surface area contributed by atoms with E-state index in [-0.39, 0.29) is 6.04 Å². The minimum atomic E-state index is -0.0158. The van der Waals surface area contributed by atoms with Gasteiger partial charge in [-0.05, 0) is 24.6 Å². The lowest BCUT2D eigenvalue weighted by Gasteiger charge is -2.12. The molecule has 1 heterocycles. The average Bonchev–Trinajstić information content (AvgIpc) is 2.56. The second-order valence-corrected chi connectivity index (χ2v) is 5.19. The highest BCUT2D eigenvalue weighted by Gasteiger charge is 2.09. The summed E-state index contributed by atoms with van der Waals surface area (Å²) in [6, 6.07) is 24.5. The molecule has 0 fully saturated rings. The molecule has 0 amide bonds. The standard InChI is InChI=1S/C19H18N2/c1-14(20)17-12-18(15-8-4-2-5-9-15)21-19(13-17)16-10-6-3-7-11-16/h2-14H,20H2,1H3. The Morgan fingerprint density at radius 1 is 0.762 bits per heavy atom. The summed E-state index contributed by atoms with van der Waals surface area (Å²) in [4.78, 5) is 4.80. The summed E-state index contributed by atoms with van der Waals surface area (Å²) in [6.07, 6.45) is 0. The highest BCUT2D eigenvalue weighted by molar-refractivity contribution is 5.67. The lowest BCUT2D eigenvalue weighted by Crippen LogP contribution is -2.06. The maximum absolute atomic E-state index is 6.08. The van der Waals surface area contributed by atoms with Gasteiger partial charge in [0.25, 0.3) is 0 Å². The van der Waals surface area contributed by atoms with Gasteiger partial charge in [-0.25, -0.2) is 4.98 Å². The lowest BCUT2D eigenvalue weighted by molar-refractivity contribution is 0.817. The first-order valence-corrected chi connectivity index (χ1v) is 7.12. The Hall–Kier alpha value is -2.45.